The normalized spacial score (nSPS) is 13.8. The van der Waals surface area contributed by atoms with Crippen molar-refractivity contribution < 1.29 is 4.74 Å². The summed E-state index contributed by atoms with van der Waals surface area (Å²) in [5.74, 6) is 0.956. The van der Waals surface area contributed by atoms with Crippen LogP contribution in [0.25, 0.3) is 0 Å². The number of hydrogen-bond acceptors (Lipinski definition) is 1. The van der Waals surface area contributed by atoms with E-state index in [2.05, 4.69) is 0 Å². The van der Waals surface area contributed by atoms with E-state index in [0.717, 1.165) is 5.76 Å². The van der Waals surface area contributed by atoms with Crippen LogP contribution in [-0.4, -0.2) is 7.11 Å². The predicted molar refractivity (Wildman–Crippen MR) is 40.2 cm³/mol. The van der Waals surface area contributed by atoms with Crippen molar-refractivity contribution in [1.82, 2.24) is 0 Å². The Kier molecular flexibility index (Phi) is 3.85. The molecule has 1 nitrogen and oxygen atoms in total. The number of ether oxygens (including phenoxy) is 1. The van der Waals surface area contributed by atoms with Gasteiger partial charge < -0.3 is 4.74 Å². The fourth-order valence-corrected chi connectivity index (χ4v) is 0.649. The van der Waals surface area contributed by atoms with Gasteiger partial charge in [-0.15, -0.1) is 0 Å². The van der Waals surface area contributed by atoms with Crippen molar-refractivity contribution >= 4 is 0 Å². The highest BCUT2D eigenvalue weighted by molar-refractivity contribution is 5.21. The lowest BCUT2D eigenvalue weighted by Crippen LogP contribution is -1.86. The third kappa shape index (κ3) is 2.36. The minimum Gasteiger partial charge on any atom is -0.497 e. The molecule has 0 radical (unpaired) electrons. The lowest BCUT2D eigenvalue weighted by molar-refractivity contribution is 0.300. The maximum Gasteiger partial charge on any atom is 0.117 e. The summed E-state index contributed by atoms with van der Waals surface area (Å²) >= 11 is 0. The second kappa shape index (κ2) is 4.19. The summed E-state index contributed by atoms with van der Waals surface area (Å²) in [6.07, 6.45) is 3.98. The molecule has 0 aromatic rings. The van der Waals surface area contributed by atoms with Crippen molar-refractivity contribution in [3.05, 3.63) is 23.5 Å². The van der Waals surface area contributed by atoms with Gasteiger partial charge in [0.1, 0.15) is 5.76 Å². The average Bonchev–Trinajstić information content (AvgIpc) is 1.90. The minimum atomic E-state index is 0.956. The standard InChI is InChI=1S/C8H14O/c1-5-7(3)8(6-2)9-4/h5-6H,1-4H3. The van der Waals surface area contributed by atoms with Crippen LogP contribution < -0.4 is 0 Å². The van der Waals surface area contributed by atoms with E-state index in [1.54, 1.807) is 7.11 Å². The van der Waals surface area contributed by atoms with Gasteiger partial charge in [0.05, 0.1) is 7.11 Å². The molecule has 0 fully saturated rings. The summed E-state index contributed by atoms with van der Waals surface area (Å²) in [5.41, 5.74) is 1.18. The predicted octanol–water partition coefficient (Wildman–Crippen LogP) is 2.50. The second-order valence-electron chi connectivity index (χ2n) is 1.83. The van der Waals surface area contributed by atoms with E-state index in [1.807, 2.05) is 32.9 Å². The van der Waals surface area contributed by atoms with E-state index in [4.69, 9.17) is 4.74 Å². The molecule has 0 aromatic heterocycles. The molecule has 52 valence electrons. The number of methoxy groups -OCH3 is 1. The van der Waals surface area contributed by atoms with Crippen LogP contribution in [0.15, 0.2) is 23.5 Å². The average molecular weight is 126 g/mol. The topological polar surface area (TPSA) is 9.23 Å². The highest BCUT2D eigenvalue weighted by atomic mass is 16.5. The second-order valence-corrected chi connectivity index (χ2v) is 1.83. The summed E-state index contributed by atoms with van der Waals surface area (Å²) in [6, 6.07) is 0. The molecule has 0 N–H and O–H groups in total. The van der Waals surface area contributed by atoms with Gasteiger partial charge in [-0.1, -0.05) is 6.08 Å². The Bertz CT molecular complexity index is 132. The molecule has 0 bridgehead atoms. The van der Waals surface area contributed by atoms with Crippen molar-refractivity contribution in [2.45, 2.75) is 20.8 Å². The van der Waals surface area contributed by atoms with E-state index in [0.29, 0.717) is 0 Å². The summed E-state index contributed by atoms with van der Waals surface area (Å²) < 4.78 is 5.04. The van der Waals surface area contributed by atoms with Gasteiger partial charge in [0.25, 0.3) is 0 Å². The maximum absolute atomic E-state index is 5.04. The summed E-state index contributed by atoms with van der Waals surface area (Å²) in [6.45, 7) is 5.99. The lowest BCUT2D eigenvalue weighted by Gasteiger charge is -2.03. The van der Waals surface area contributed by atoms with Crippen LogP contribution in [-0.2, 0) is 4.74 Å². The molecule has 0 amide bonds. The van der Waals surface area contributed by atoms with Crippen molar-refractivity contribution in [2.75, 3.05) is 7.11 Å². The van der Waals surface area contributed by atoms with Crippen molar-refractivity contribution in [3.63, 3.8) is 0 Å². The van der Waals surface area contributed by atoms with Crippen LogP contribution in [0.4, 0.5) is 0 Å². The van der Waals surface area contributed by atoms with E-state index in [-0.39, 0.29) is 0 Å². The van der Waals surface area contributed by atoms with Crippen molar-refractivity contribution in [1.29, 1.82) is 0 Å². The van der Waals surface area contributed by atoms with Gasteiger partial charge in [-0.3, -0.25) is 0 Å². The van der Waals surface area contributed by atoms with Gasteiger partial charge in [0.2, 0.25) is 0 Å². The Hall–Kier alpha value is -0.720. The highest BCUT2D eigenvalue weighted by Crippen LogP contribution is 2.07. The lowest BCUT2D eigenvalue weighted by atomic mass is 10.2. The molecule has 0 aliphatic carbocycles. The largest absolute Gasteiger partial charge is 0.497 e. The van der Waals surface area contributed by atoms with Crippen molar-refractivity contribution in [2.24, 2.45) is 0 Å². The number of allylic oxidation sites excluding steroid dienone is 3. The van der Waals surface area contributed by atoms with Crippen LogP contribution >= 0.6 is 0 Å². The van der Waals surface area contributed by atoms with Crippen LogP contribution in [0.1, 0.15) is 20.8 Å². The zero-order chi connectivity index (χ0) is 7.28. The molecular formula is C8H14O. The Balaban J connectivity index is 4.14. The molecule has 0 aromatic carbocycles. The Morgan fingerprint density at radius 1 is 1.22 bits per heavy atom. The van der Waals surface area contributed by atoms with Crippen LogP contribution in [0.2, 0.25) is 0 Å². The van der Waals surface area contributed by atoms with Crippen molar-refractivity contribution in [3.8, 4) is 0 Å². The molecule has 0 saturated heterocycles. The van der Waals surface area contributed by atoms with Gasteiger partial charge in [-0.05, 0) is 32.4 Å². The molecule has 0 saturated carbocycles. The maximum atomic E-state index is 5.04. The zero-order valence-electron chi connectivity index (χ0n) is 6.56. The van der Waals surface area contributed by atoms with E-state index < -0.39 is 0 Å². The molecule has 0 spiro atoms. The molecule has 0 unspecified atom stereocenters. The molecule has 0 heterocycles. The first-order chi connectivity index (χ1) is 4.26. The molecule has 1 heteroatoms. The molecule has 0 rings (SSSR count). The zero-order valence-corrected chi connectivity index (χ0v) is 6.56. The monoisotopic (exact) mass is 126 g/mol. The Morgan fingerprint density at radius 3 is 1.89 bits per heavy atom. The fraction of sp³-hybridized carbons (Fsp3) is 0.500. The fourth-order valence-electron chi connectivity index (χ4n) is 0.649. The molecule has 0 aliphatic heterocycles. The molecule has 9 heavy (non-hydrogen) atoms. The van der Waals surface area contributed by atoms with Gasteiger partial charge in [-0.2, -0.15) is 0 Å². The summed E-state index contributed by atoms with van der Waals surface area (Å²) in [4.78, 5) is 0. The minimum absolute atomic E-state index is 0.956. The SMILES string of the molecule is CC=C(C)C(=CC)OC. The van der Waals surface area contributed by atoms with E-state index >= 15 is 0 Å². The van der Waals surface area contributed by atoms with Gasteiger partial charge in [0.15, 0.2) is 0 Å². The van der Waals surface area contributed by atoms with Gasteiger partial charge >= 0.3 is 0 Å². The number of rotatable bonds is 2. The number of hydrogen-bond donors (Lipinski definition) is 0. The van der Waals surface area contributed by atoms with Gasteiger partial charge in [0, 0.05) is 0 Å². The Labute approximate surface area is 57.0 Å². The molecule has 0 atom stereocenters. The van der Waals surface area contributed by atoms with Crippen LogP contribution in [0, 0.1) is 0 Å². The summed E-state index contributed by atoms with van der Waals surface area (Å²) in [5, 5.41) is 0. The first kappa shape index (κ1) is 8.28. The smallest absolute Gasteiger partial charge is 0.117 e. The quantitative estimate of drug-likeness (QED) is 0.408. The van der Waals surface area contributed by atoms with Crippen LogP contribution in [0.3, 0.4) is 0 Å². The first-order valence-electron chi connectivity index (χ1n) is 3.09. The van der Waals surface area contributed by atoms with E-state index in [9.17, 15) is 0 Å². The summed E-state index contributed by atoms with van der Waals surface area (Å²) in [7, 11) is 1.68. The third-order valence-electron chi connectivity index (χ3n) is 1.30. The Morgan fingerprint density at radius 2 is 1.78 bits per heavy atom. The highest BCUT2D eigenvalue weighted by Gasteiger charge is 1.92. The van der Waals surface area contributed by atoms with Gasteiger partial charge in [-0.25, -0.2) is 0 Å². The molecule has 0 aliphatic rings. The third-order valence-corrected chi connectivity index (χ3v) is 1.30. The van der Waals surface area contributed by atoms with E-state index in [1.165, 1.54) is 5.57 Å². The van der Waals surface area contributed by atoms with Crippen LogP contribution in [0.5, 0.6) is 0 Å². The molecular weight excluding hydrogens is 112 g/mol. The first-order valence-corrected chi connectivity index (χ1v) is 3.09.